The Morgan fingerprint density at radius 3 is 2.62 bits per heavy atom. The van der Waals surface area contributed by atoms with Crippen molar-refractivity contribution < 1.29 is 29.0 Å². The highest BCUT2D eigenvalue weighted by Crippen LogP contribution is 2.67. The maximum Gasteiger partial charge on any atom is 0.417 e. The van der Waals surface area contributed by atoms with Crippen molar-refractivity contribution in [2.45, 2.75) is 78.6 Å². The number of aromatic nitrogens is 1. The van der Waals surface area contributed by atoms with E-state index in [0.29, 0.717) is 18.5 Å². The lowest BCUT2D eigenvalue weighted by Crippen LogP contribution is -2.63. The number of hydrogen-bond donors (Lipinski definition) is 3. The fourth-order valence-corrected chi connectivity index (χ4v) is 7.50. The number of carbonyl (C=O) groups is 3. The number of rotatable bonds is 4. The first kappa shape index (κ1) is 27.1. The minimum Gasteiger partial charge on any atom is -0.445 e. The quantitative estimate of drug-likeness (QED) is 0.515. The van der Waals surface area contributed by atoms with Crippen LogP contribution in [0.5, 0.6) is 0 Å². The van der Waals surface area contributed by atoms with Gasteiger partial charge in [0.25, 0.3) is 0 Å². The summed E-state index contributed by atoms with van der Waals surface area (Å²) in [5.74, 6) is -0.264. The Morgan fingerprint density at radius 2 is 1.95 bits per heavy atom. The number of pyridine rings is 1. The molecule has 3 aliphatic rings. The smallest absolute Gasteiger partial charge is 0.417 e. The van der Waals surface area contributed by atoms with Crippen LogP contribution in [0.15, 0.2) is 35.6 Å². The average molecular weight is 515 g/mol. The molecule has 0 saturated heterocycles. The molecule has 1 aromatic rings. The summed E-state index contributed by atoms with van der Waals surface area (Å²) in [6.45, 7) is 11.8. The Kier molecular flexibility index (Phi) is 7.14. The minimum atomic E-state index is -1.02. The lowest BCUT2D eigenvalue weighted by atomic mass is 9.44. The van der Waals surface area contributed by atoms with Crippen LogP contribution >= 0.6 is 0 Å². The van der Waals surface area contributed by atoms with E-state index in [1.54, 1.807) is 12.1 Å². The Hall–Kier alpha value is -2.94. The number of amides is 2. The summed E-state index contributed by atoms with van der Waals surface area (Å²) in [6, 6.07) is 4.45. The van der Waals surface area contributed by atoms with Gasteiger partial charge in [0.1, 0.15) is 18.5 Å². The fraction of sp³-hybridized carbons (Fsp3) is 0.643. The first-order chi connectivity index (χ1) is 17.4. The average Bonchev–Trinajstić information content (AvgIpc) is 3.21. The van der Waals surface area contributed by atoms with Gasteiger partial charge in [-0.15, -0.1) is 6.58 Å². The first-order valence-electron chi connectivity index (χ1n) is 13.0. The molecule has 8 atom stereocenters. The molecule has 1 aromatic heterocycles. The molecular formula is C28H38N2O7. The van der Waals surface area contributed by atoms with Gasteiger partial charge in [0.15, 0.2) is 0 Å². The lowest BCUT2D eigenvalue weighted by molar-refractivity contribution is -0.191. The van der Waals surface area contributed by atoms with E-state index in [2.05, 4.69) is 23.8 Å². The van der Waals surface area contributed by atoms with Gasteiger partial charge in [0.2, 0.25) is 5.56 Å². The summed E-state index contributed by atoms with van der Waals surface area (Å²) in [4.78, 5) is 52.6. The topological polar surface area (TPSA) is 135 Å². The van der Waals surface area contributed by atoms with Crippen LogP contribution in [0.25, 0.3) is 0 Å². The standard InChI is InChI=1S/C28H38N2O7/c1-6-26(4)14-20(37-25(35)30-24(34)36-15-18-8-7-9-21(32)29-18)27(5)16(2)10-12-28(17(3)23(26)33)13-11-19(31)22(27)28/h6-9,16-17,20,22-23,33H,1,10-15H2,2-5H3,(H,29,32)(H,30,34,35)/t16?,17-,20+,22-,23-,26+,27+,28-/m0/s1. The summed E-state index contributed by atoms with van der Waals surface area (Å²) in [5, 5.41) is 13.6. The molecule has 0 radical (unpaired) electrons. The molecule has 2 bridgehead atoms. The second kappa shape index (κ2) is 9.74. The molecule has 3 N–H and O–H groups in total. The number of imide groups is 1. The van der Waals surface area contributed by atoms with E-state index >= 15 is 0 Å². The van der Waals surface area contributed by atoms with Crippen molar-refractivity contribution in [1.82, 2.24) is 10.3 Å². The molecule has 9 heteroatoms. The van der Waals surface area contributed by atoms with Gasteiger partial charge < -0.3 is 19.6 Å². The van der Waals surface area contributed by atoms with E-state index in [-0.39, 0.29) is 47.5 Å². The third-order valence-electron chi connectivity index (χ3n) is 9.94. The first-order valence-corrected chi connectivity index (χ1v) is 13.0. The molecule has 1 heterocycles. The van der Waals surface area contributed by atoms with Gasteiger partial charge in [0, 0.05) is 29.2 Å². The van der Waals surface area contributed by atoms with E-state index in [1.807, 2.05) is 20.8 Å². The summed E-state index contributed by atoms with van der Waals surface area (Å²) < 4.78 is 11.0. The number of carbonyl (C=O) groups excluding carboxylic acids is 3. The second-order valence-corrected chi connectivity index (χ2v) is 11.7. The Balaban J connectivity index is 1.59. The normalized spacial score (nSPS) is 39.1. The van der Waals surface area contributed by atoms with Crippen LogP contribution in [0.2, 0.25) is 0 Å². The van der Waals surface area contributed by atoms with Gasteiger partial charge >= 0.3 is 12.2 Å². The van der Waals surface area contributed by atoms with Crippen molar-refractivity contribution in [2.75, 3.05) is 0 Å². The molecule has 4 rings (SSSR count). The number of aliphatic hydroxyl groups excluding tert-OH is 1. The number of H-pyrrole nitrogens is 1. The van der Waals surface area contributed by atoms with E-state index in [0.717, 1.165) is 12.8 Å². The third-order valence-corrected chi connectivity index (χ3v) is 9.94. The molecule has 9 nitrogen and oxygen atoms in total. The van der Waals surface area contributed by atoms with Gasteiger partial charge in [-0.1, -0.05) is 39.8 Å². The molecule has 2 amide bonds. The number of aromatic amines is 1. The van der Waals surface area contributed by atoms with Gasteiger partial charge in [-0.25, -0.2) is 14.9 Å². The number of ether oxygens (including phenoxy) is 2. The number of aliphatic hydroxyl groups is 1. The summed E-state index contributed by atoms with van der Waals surface area (Å²) in [6.07, 6.45) is 1.28. The molecule has 37 heavy (non-hydrogen) atoms. The Morgan fingerprint density at radius 1 is 1.22 bits per heavy atom. The van der Waals surface area contributed by atoms with Crippen molar-refractivity contribution in [3.05, 3.63) is 46.9 Å². The zero-order chi connectivity index (χ0) is 27.2. The molecule has 202 valence electrons. The predicted molar refractivity (Wildman–Crippen MR) is 135 cm³/mol. The van der Waals surface area contributed by atoms with Crippen LogP contribution in [-0.2, 0) is 20.9 Å². The maximum absolute atomic E-state index is 13.4. The molecular weight excluding hydrogens is 476 g/mol. The molecule has 0 aliphatic heterocycles. The SMILES string of the molecule is C=C[C@]1(C)C[C@@H](OC(=O)NC(=O)OCc2cccc(=O)[nH]2)[C@@]2(C)C(C)CC[C@]3(CCC(=O)[C@H]32)[C@@H](C)[C@@H]1O. The number of nitrogens with one attached hydrogen (secondary N) is 2. The number of hydrogen-bond acceptors (Lipinski definition) is 7. The minimum absolute atomic E-state index is 0.0730. The monoisotopic (exact) mass is 514 g/mol. The predicted octanol–water partition coefficient (Wildman–Crippen LogP) is 4.10. The van der Waals surface area contributed by atoms with Crippen LogP contribution in [0.3, 0.4) is 0 Å². The van der Waals surface area contributed by atoms with Crippen molar-refractivity contribution >= 4 is 18.0 Å². The lowest BCUT2D eigenvalue weighted by Gasteiger charge is -2.61. The van der Waals surface area contributed by atoms with E-state index in [9.17, 15) is 24.3 Å². The molecule has 3 aliphatic carbocycles. The highest BCUT2D eigenvalue weighted by Gasteiger charge is 2.68. The zero-order valence-electron chi connectivity index (χ0n) is 22.0. The van der Waals surface area contributed by atoms with Crippen LogP contribution in [-0.4, -0.2) is 40.3 Å². The molecule has 0 aromatic carbocycles. The highest BCUT2D eigenvalue weighted by atomic mass is 16.6. The van der Waals surface area contributed by atoms with Gasteiger partial charge in [-0.05, 0) is 49.0 Å². The van der Waals surface area contributed by atoms with Crippen molar-refractivity contribution in [2.24, 2.45) is 34.0 Å². The van der Waals surface area contributed by atoms with E-state index in [1.165, 1.54) is 12.1 Å². The van der Waals surface area contributed by atoms with Crippen LogP contribution in [0.4, 0.5) is 9.59 Å². The molecule has 3 fully saturated rings. The molecule has 1 unspecified atom stereocenters. The number of alkyl carbamates (subject to hydrolysis) is 2. The molecule has 3 saturated carbocycles. The van der Waals surface area contributed by atoms with Crippen molar-refractivity contribution in [3.8, 4) is 0 Å². The maximum atomic E-state index is 13.4. The van der Waals surface area contributed by atoms with Gasteiger partial charge in [-0.2, -0.15) is 0 Å². The van der Waals surface area contributed by atoms with Crippen LogP contribution in [0.1, 0.15) is 65.5 Å². The third kappa shape index (κ3) is 4.51. The van der Waals surface area contributed by atoms with Crippen molar-refractivity contribution in [1.29, 1.82) is 0 Å². The van der Waals surface area contributed by atoms with Crippen LogP contribution in [0, 0.1) is 34.0 Å². The summed E-state index contributed by atoms with van der Waals surface area (Å²) >= 11 is 0. The number of ketones is 1. The van der Waals surface area contributed by atoms with E-state index in [4.69, 9.17) is 9.47 Å². The number of Topliss-reactive ketones (excluding diaryl/α,β-unsaturated/α-hetero) is 1. The summed E-state index contributed by atoms with van der Waals surface area (Å²) in [7, 11) is 0. The Labute approximate surface area is 217 Å². The van der Waals surface area contributed by atoms with Crippen molar-refractivity contribution in [3.63, 3.8) is 0 Å². The van der Waals surface area contributed by atoms with Crippen LogP contribution < -0.4 is 10.9 Å². The van der Waals surface area contributed by atoms with Gasteiger partial charge in [0.05, 0.1) is 11.8 Å². The van der Waals surface area contributed by atoms with E-state index < -0.39 is 35.2 Å². The molecule has 0 spiro atoms. The summed E-state index contributed by atoms with van der Waals surface area (Å²) in [5.41, 5.74) is -1.80. The second-order valence-electron chi connectivity index (χ2n) is 11.7. The largest absolute Gasteiger partial charge is 0.445 e. The van der Waals surface area contributed by atoms with Gasteiger partial charge in [-0.3, -0.25) is 9.59 Å². The highest BCUT2D eigenvalue weighted by molar-refractivity contribution is 5.88. The fourth-order valence-electron chi connectivity index (χ4n) is 7.50. The Bertz CT molecular complexity index is 1150. The zero-order valence-corrected chi connectivity index (χ0v) is 22.0.